The molecule has 0 saturated heterocycles. The molecule has 0 aromatic carbocycles. The molecule has 5 nitrogen and oxygen atoms in total. The average molecular weight is 271 g/mol. The lowest BCUT2D eigenvalue weighted by molar-refractivity contribution is 0.109. The highest BCUT2D eigenvalue weighted by Gasteiger charge is 2.23. The normalized spacial score (nSPS) is 14.3. The minimum Gasteiger partial charge on any atom is -0.383 e. The van der Waals surface area contributed by atoms with Crippen LogP contribution in [0, 0.1) is 11.3 Å². The smallest absolute Gasteiger partial charge is 0.105 e. The van der Waals surface area contributed by atoms with Gasteiger partial charge in [-0.05, 0) is 26.3 Å². The molecule has 0 heterocycles. The highest BCUT2D eigenvalue weighted by atomic mass is 16.5. The fourth-order valence-electron chi connectivity index (χ4n) is 1.74. The first-order valence-electron chi connectivity index (χ1n) is 6.98. The van der Waals surface area contributed by atoms with E-state index in [1.807, 2.05) is 6.92 Å². The van der Waals surface area contributed by atoms with E-state index in [0.717, 1.165) is 39.0 Å². The molecule has 5 heteroatoms. The van der Waals surface area contributed by atoms with E-state index in [0.29, 0.717) is 13.2 Å². The van der Waals surface area contributed by atoms with E-state index >= 15 is 0 Å². The molecule has 0 aliphatic carbocycles. The van der Waals surface area contributed by atoms with Gasteiger partial charge in [-0.1, -0.05) is 6.92 Å². The third kappa shape index (κ3) is 8.95. The summed E-state index contributed by atoms with van der Waals surface area (Å²) in [7, 11) is 3.41. The van der Waals surface area contributed by atoms with Gasteiger partial charge < -0.3 is 9.47 Å². The summed E-state index contributed by atoms with van der Waals surface area (Å²) in [6.45, 7) is 8.96. The second kappa shape index (κ2) is 11.2. The largest absolute Gasteiger partial charge is 0.383 e. The van der Waals surface area contributed by atoms with Crippen LogP contribution in [0.1, 0.15) is 26.7 Å². The van der Waals surface area contributed by atoms with Crippen LogP contribution in [0.25, 0.3) is 0 Å². The maximum absolute atomic E-state index is 9.30. The predicted octanol–water partition coefficient (Wildman–Crippen LogP) is 1.25. The van der Waals surface area contributed by atoms with Crippen LogP contribution in [0.15, 0.2) is 0 Å². The highest BCUT2D eigenvalue weighted by molar-refractivity contribution is 5.03. The van der Waals surface area contributed by atoms with Crippen molar-refractivity contribution in [3.63, 3.8) is 0 Å². The standard InChI is InChI=1S/C14H29N3O2/c1-5-7-16-14(2,13-15)6-8-17(9-11-18-3)10-12-19-4/h16H,5-12H2,1-4H3. The van der Waals surface area contributed by atoms with Crippen molar-refractivity contribution in [2.75, 3.05) is 53.6 Å². The van der Waals surface area contributed by atoms with Gasteiger partial charge in [-0.2, -0.15) is 5.26 Å². The number of hydrogen-bond acceptors (Lipinski definition) is 5. The number of nitrogens with one attached hydrogen (secondary N) is 1. The van der Waals surface area contributed by atoms with Crippen molar-refractivity contribution in [3.8, 4) is 6.07 Å². The van der Waals surface area contributed by atoms with Crippen LogP contribution in [-0.2, 0) is 9.47 Å². The lowest BCUT2D eigenvalue weighted by atomic mass is 9.99. The third-order valence-corrected chi connectivity index (χ3v) is 3.16. The quantitative estimate of drug-likeness (QED) is 0.579. The molecule has 112 valence electrons. The maximum atomic E-state index is 9.30. The number of ether oxygens (including phenoxy) is 2. The van der Waals surface area contributed by atoms with Crippen molar-refractivity contribution in [2.45, 2.75) is 32.2 Å². The molecule has 0 aliphatic rings. The molecule has 1 atom stereocenters. The fourth-order valence-corrected chi connectivity index (χ4v) is 1.74. The Bertz CT molecular complexity index is 248. The topological polar surface area (TPSA) is 57.5 Å². The summed E-state index contributed by atoms with van der Waals surface area (Å²) in [4.78, 5) is 2.27. The Labute approximate surface area is 117 Å². The Hall–Kier alpha value is -0.670. The number of methoxy groups -OCH3 is 2. The zero-order valence-corrected chi connectivity index (χ0v) is 12.9. The third-order valence-electron chi connectivity index (χ3n) is 3.16. The van der Waals surface area contributed by atoms with E-state index in [9.17, 15) is 5.26 Å². The van der Waals surface area contributed by atoms with Gasteiger partial charge in [0, 0.05) is 33.9 Å². The first-order chi connectivity index (χ1) is 9.11. The van der Waals surface area contributed by atoms with Gasteiger partial charge in [-0.3, -0.25) is 10.2 Å². The van der Waals surface area contributed by atoms with E-state index in [1.54, 1.807) is 14.2 Å². The number of hydrogen-bond donors (Lipinski definition) is 1. The fraction of sp³-hybridized carbons (Fsp3) is 0.929. The summed E-state index contributed by atoms with van der Waals surface area (Å²) in [6, 6.07) is 2.38. The summed E-state index contributed by atoms with van der Waals surface area (Å²) < 4.78 is 10.2. The molecule has 0 aromatic rings. The Balaban J connectivity index is 4.20. The van der Waals surface area contributed by atoms with E-state index in [4.69, 9.17) is 9.47 Å². The predicted molar refractivity (Wildman–Crippen MR) is 77.1 cm³/mol. The Kier molecular flexibility index (Phi) is 10.8. The molecular weight excluding hydrogens is 242 g/mol. The molecule has 0 aromatic heterocycles. The van der Waals surface area contributed by atoms with Crippen LogP contribution in [-0.4, -0.2) is 64.1 Å². The average Bonchev–Trinajstić information content (AvgIpc) is 2.44. The Morgan fingerprint density at radius 2 is 1.74 bits per heavy atom. The lowest BCUT2D eigenvalue weighted by Crippen LogP contribution is -2.45. The zero-order chi connectivity index (χ0) is 14.6. The van der Waals surface area contributed by atoms with Crippen LogP contribution < -0.4 is 5.32 Å². The SMILES string of the molecule is CCCNC(C)(C#N)CCN(CCOC)CCOC. The van der Waals surface area contributed by atoms with Crippen LogP contribution in [0.4, 0.5) is 0 Å². The van der Waals surface area contributed by atoms with Crippen molar-refractivity contribution >= 4 is 0 Å². The van der Waals surface area contributed by atoms with Gasteiger partial charge in [0.15, 0.2) is 0 Å². The van der Waals surface area contributed by atoms with Gasteiger partial charge in [0.1, 0.15) is 5.54 Å². The maximum Gasteiger partial charge on any atom is 0.105 e. The molecule has 0 rings (SSSR count). The first-order valence-corrected chi connectivity index (χ1v) is 6.98. The second-order valence-electron chi connectivity index (χ2n) is 4.95. The molecule has 0 saturated carbocycles. The molecular formula is C14H29N3O2. The van der Waals surface area contributed by atoms with E-state index in [2.05, 4.69) is 23.2 Å². The Morgan fingerprint density at radius 1 is 1.16 bits per heavy atom. The van der Waals surface area contributed by atoms with Crippen molar-refractivity contribution < 1.29 is 9.47 Å². The summed E-state index contributed by atoms with van der Waals surface area (Å²) in [5, 5.41) is 12.6. The van der Waals surface area contributed by atoms with Crippen molar-refractivity contribution in [1.29, 1.82) is 5.26 Å². The van der Waals surface area contributed by atoms with Crippen LogP contribution in [0.5, 0.6) is 0 Å². The lowest BCUT2D eigenvalue weighted by Gasteiger charge is -2.28. The first kappa shape index (κ1) is 18.3. The van der Waals surface area contributed by atoms with Crippen LogP contribution in [0.3, 0.4) is 0 Å². The molecule has 0 fully saturated rings. The highest BCUT2D eigenvalue weighted by Crippen LogP contribution is 2.09. The monoisotopic (exact) mass is 271 g/mol. The van der Waals surface area contributed by atoms with Crippen molar-refractivity contribution in [3.05, 3.63) is 0 Å². The summed E-state index contributed by atoms with van der Waals surface area (Å²) in [6.07, 6.45) is 1.84. The van der Waals surface area contributed by atoms with E-state index in [1.165, 1.54) is 0 Å². The summed E-state index contributed by atoms with van der Waals surface area (Å²) in [5.41, 5.74) is -0.450. The minimum atomic E-state index is -0.450. The summed E-state index contributed by atoms with van der Waals surface area (Å²) >= 11 is 0. The van der Waals surface area contributed by atoms with Crippen molar-refractivity contribution in [1.82, 2.24) is 10.2 Å². The van der Waals surface area contributed by atoms with Crippen LogP contribution >= 0.6 is 0 Å². The summed E-state index contributed by atoms with van der Waals surface area (Å²) in [5.74, 6) is 0. The molecule has 0 bridgehead atoms. The van der Waals surface area contributed by atoms with Gasteiger partial charge in [-0.25, -0.2) is 0 Å². The molecule has 0 radical (unpaired) electrons. The minimum absolute atomic E-state index is 0.450. The zero-order valence-electron chi connectivity index (χ0n) is 12.9. The second-order valence-corrected chi connectivity index (χ2v) is 4.95. The van der Waals surface area contributed by atoms with Gasteiger partial charge in [0.25, 0.3) is 0 Å². The number of rotatable bonds is 12. The van der Waals surface area contributed by atoms with E-state index in [-0.39, 0.29) is 0 Å². The van der Waals surface area contributed by atoms with Crippen molar-refractivity contribution in [2.24, 2.45) is 0 Å². The van der Waals surface area contributed by atoms with Gasteiger partial charge in [-0.15, -0.1) is 0 Å². The van der Waals surface area contributed by atoms with Gasteiger partial charge >= 0.3 is 0 Å². The van der Waals surface area contributed by atoms with E-state index < -0.39 is 5.54 Å². The number of nitrogens with zero attached hydrogens (tertiary/aromatic N) is 2. The molecule has 0 aliphatic heterocycles. The molecule has 1 unspecified atom stereocenters. The molecule has 1 N–H and O–H groups in total. The Morgan fingerprint density at radius 3 is 2.16 bits per heavy atom. The van der Waals surface area contributed by atoms with Gasteiger partial charge in [0.05, 0.1) is 19.3 Å². The van der Waals surface area contributed by atoms with Gasteiger partial charge in [0.2, 0.25) is 0 Å². The number of nitriles is 1. The molecule has 0 spiro atoms. The molecule has 0 amide bonds. The molecule has 19 heavy (non-hydrogen) atoms. The van der Waals surface area contributed by atoms with Crippen LogP contribution in [0.2, 0.25) is 0 Å².